The van der Waals surface area contributed by atoms with E-state index in [2.05, 4.69) is 36.4 Å². The van der Waals surface area contributed by atoms with Gasteiger partial charge in [-0.3, -0.25) is 0 Å². The minimum atomic E-state index is 0.0273. The number of methoxy groups -OCH3 is 1. The quantitative estimate of drug-likeness (QED) is 0.780. The smallest absolute Gasteiger partial charge is 0.119 e. The molecule has 0 saturated heterocycles. The van der Waals surface area contributed by atoms with Crippen LogP contribution in [0.25, 0.3) is 10.1 Å². The zero-order chi connectivity index (χ0) is 13.9. The van der Waals surface area contributed by atoms with Gasteiger partial charge in [0.15, 0.2) is 0 Å². The first-order valence-electron chi connectivity index (χ1n) is 6.63. The van der Waals surface area contributed by atoms with Gasteiger partial charge in [0, 0.05) is 15.6 Å². The molecule has 1 heterocycles. The summed E-state index contributed by atoms with van der Waals surface area (Å²) < 4.78 is 6.55. The number of fused-ring (bicyclic) bond motifs is 1. The van der Waals surface area contributed by atoms with Gasteiger partial charge in [-0.2, -0.15) is 0 Å². The van der Waals surface area contributed by atoms with Crippen LogP contribution in [0.15, 0.2) is 54.6 Å². The van der Waals surface area contributed by atoms with Crippen LogP contribution >= 0.6 is 11.3 Å². The lowest BCUT2D eigenvalue weighted by Gasteiger charge is -2.10. The maximum Gasteiger partial charge on any atom is 0.119 e. The van der Waals surface area contributed by atoms with Crippen LogP contribution in [0.2, 0.25) is 0 Å². The molecule has 2 N–H and O–H groups in total. The first-order chi connectivity index (χ1) is 9.76. The Bertz CT molecular complexity index is 687. The molecule has 0 radical (unpaired) electrons. The fourth-order valence-electron chi connectivity index (χ4n) is 2.34. The molecule has 0 aliphatic heterocycles. The molecular formula is C17H17NOS. The summed E-state index contributed by atoms with van der Waals surface area (Å²) in [7, 11) is 1.69. The predicted molar refractivity (Wildman–Crippen MR) is 85.5 cm³/mol. The molecule has 2 aromatic carbocycles. The number of hydrogen-bond donors (Lipinski definition) is 1. The summed E-state index contributed by atoms with van der Waals surface area (Å²) in [4.78, 5) is 1.23. The second kappa shape index (κ2) is 5.65. The van der Waals surface area contributed by atoms with Crippen LogP contribution in [0.1, 0.15) is 16.5 Å². The molecular weight excluding hydrogens is 266 g/mol. The summed E-state index contributed by atoms with van der Waals surface area (Å²) in [6, 6.07) is 18.7. The monoisotopic (exact) mass is 283 g/mol. The number of nitrogens with two attached hydrogens (primary N) is 1. The zero-order valence-corrected chi connectivity index (χ0v) is 12.2. The van der Waals surface area contributed by atoms with Crippen molar-refractivity contribution in [1.82, 2.24) is 0 Å². The van der Waals surface area contributed by atoms with Crippen molar-refractivity contribution in [3.8, 4) is 5.75 Å². The Morgan fingerprint density at radius 3 is 2.75 bits per heavy atom. The maximum atomic E-state index is 6.35. The molecule has 1 atom stereocenters. The van der Waals surface area contributed by atoms with Crippen LogP contribution in [0.5, 0.6) is 5.75 Å². The van der Waals surface area contributed by atoms with E-state index < -0.39 is 0 Å². The molecule has 3 aromatic rings. The number of rotatable bonds is 4. The standard InChI is InChI=1S/C17H17NOS/c1-19-14-7-4-5-12(9-14)10-15(18)17-11-13-6-2-3-8-16(13)20-17/h2-9,11,15H,10,18H2,1H3. The van der Waals surface area contributed by atoms with Crippen LogP contribution in [0, 0.1) is 0 Å². The van der Waals surface area contributed by atoms with Gasteiger partial charge >= 0.3 is 0 Å². The lowest BCUT2D eigenvalue weighted by Crippen LogP contribution is -2.11. The van der Waals surface area contributed by atoms with Gasteiger partial charge in [-0.15, -0.1) is 11.3 Å². The molecule has 1 unspecified atom stereocenters. The van der Waals surface area contributed by atoms with Gasteiger partial charge in [0.1, 0.15) is 5.75 Å². The third-order valence-electron chi connectivity index (χ3n) is 3.40. The molecule has 0 saturated carbocycles. The summed E-state index contributed by atoms with van der Waals surface area (Å²) in [5.41, 5.74) is 7.56. The summed E-state index contributed by atoms with van der Waals surface area (Å²) in [5.74, 6) is 0.881. The van der Waals surface area contributed by atoms with Crippen molar-refractivity contribution in [3.63, 3.8) is 0 Å². The van der Waals surface area contributed by atoms with E-state index >= 15 is 0 Å². The molecule has 0 aliphatic carbocycles. The Morgan fingerprint density at radius 2 is 1.95 bits per heavy atom. The van der Waals surface area contributed by atoms with E-state index in [1.54, 1.807) is 18.4 Å². The maximum absolute atomic E-state index is 6.35. The van der Waals surface area contributed by atoms with E-state index in [-0.39, 0.29) is 6.04 Å². The molecule has 1 aromatic heterocycles. The number of benzene rings is 2. The van der Waals surface area contributed by atoms with Gasteiger partial charge < -0.3 is 10.5 Å². The number of ether oxygens (including phenoxy) is 1. The topological polar surface area (TPSA) is 35.2 Å². The van der Waals surface area contributed by atoms with Crippen LogP contribution < -0.4 is 10.5 Å². The Morgan fingerprint density at radius 1 is 1.10 bits per heavy atom. The third kappa shape index (κ3) is 2.69. The fourth-order valence-corrected chi connectivity index (χ4v) is 3.41. The lowest BCUT2D eigenvalue weighted by molar-refractivity contribution is 0.414. The van der Waals surface area contributed by atoms with Crippen molar-refractivity contribution in [2.75, 3.05) is 7.11 Å². The molecule has 0 aliphatic rings. The van der Waals surface area contributed by atoms with Gasteiger partial charge in [-0.25, -0.2) is 0 Å². The SMILES string of the molecule is COc1cccc(CC(N)c2cc3ccccc3s2)c1. The van der Waals surface area contributed by atoms with Crippen molar-refractivity contribution in [1.29, 1.82) is 0 Å². The average Bonchev–Trinajstić information content (AvgIpc) is 2.91. The van der Waals surface area contributed by atoms with Crippen LogP contribution in [0.3, 0.4) is 0 Å². The Hall–Kier alpha value is -1.84. The molecule has 0 spiro atoms. The van der Waals surface area contributed by atoms with E-state index in [9.17, 15) is 0 Å². The average molecular weight is 283 g/mol. The van der Waals surface area contributed by atoms with Gasteiger partial charge in [0.2, 0.25) is 0 Å². The Kier molecular flexibility index (Phi) is 3.72. The largest absolute Gasteiger partial charge is 0.497 e. The van der Waals surface area contributed by atoms with Gasteiger partial charge in [0.05, 0.1) is 7.11 Å². The van der Waals surface area contributed by atoms with E-state index in [4.69, 9.17) is 10.5 Å². The van der Waals surface area contributed by atoms with Crippen molar-refractivity contribution < 1.29 is 4.74 Å². The summed E-state index contributed by atoms with van der Waals surface area (Å²) >= 11 is 1.78. The highest BCUT2D eigenvalue weighted by atomic mass is 32.1. The lowest BCUT2D eigenvalue weighted by atomic mass is 10.0. The summed E-state index contributed by atoms with van der Waals surface area (Å²) in [5, 5.41) is 1.27. The number of hydrogen-bond acceptors (Lipinski definition) is 3. The van der Waals surface area contributed by atoms with Crippen molar-refractivity contribution in [3.05, 3.63) is 65.0 Å². The van der Waals surface area contributed by atoms with Gasteiger partial charge in [0.25, 0.3) is 0 Å². The van der Waals surface area contributed by atoms with E-state index in [0.29, 0.717) is 0 Å². The second-order valence-electron chi connectivity index (χ2n) is 4.85. The Balaban J connectivity index is 1.82. The predicted octanol–water partition coefficient (Wildman–Crippen LogP) is 4.15. The van der Waals surface area contributed by atoms with E-state index in [1.807, 2.05) is 18.2 Å². The Labute approximate surface area is 122 Å². The van der Waals surface area contributed by atoms with Gasteiger partial charge in [-0.05, 0) is 41.6 Å². The molecule has 0 fully saturated rings. The van der Waals surface area contributed by atoms with Crippen LogP contribution in [-0.2, 0) is 6.42 Å². The van der Waals surface area contributed by atoms with Gasteiger partial charge in [-0.1, -0.05) is 30.3 Å². The van der Waals surface area contributed by atoms with Crippen LogP contribution in [-0.4, -0.2) is 7.11 Å². The van der Waals surface area contributed by atoms with E-state index in [1.165, 1.54) is 20.5 Å². The summed E-state index contributed by atoms with van der Waals surface area (Å²) in [6.45, 7) is 0. The second-order valence-corrected chi connectivity index (χ2v) is 5.96. The van der Waals surface area contributed by atoms with Crippen molar-refractivity contribution in [2.45, 2.75) is 12.5 Å². The van der Waals surface area contributed by atoms with Crippen molar-refractivity contribution in [2.24, 2.45) is 5.73 Å². The third-order valence-corrected chi connectivity index (χ3v) is 4.65. The molecule has 20 heavy (non-hydrogen) atoms. The minimum absolute atomic E-state index is 0.0273. The highest BCUT2D eigenvalue weighted by molar-refractivity contribution is 7.19. The molecule has 0 bridgehead atoms. The van der Waals surface area contributed by atoms with E-state index in [0.717, 1.165) is 12.2 Å². The fraction of sp³-hybridized carbons (Fsp3) is 0.176. The first kappa shape index (κ1) is 13.2. The normalized spacial score (nSPS) is 12.5. The number of thiophene rings is 1. The molecule has 2 nitrogen and oxygen atoms in total. The summed E-state index contributed by atoms with van der Waals surface area (Å²) in [6.07, 6.45) is 0.823. The highest BCUT2D eigenvalue weighted by Gasteiger charge is 2.11. The highest BCUT2D eigenvalue weighted by Crippen LogP contribution is 2.30. The van der Waals surface area contributed by atoms with Crippen molar-refractivity contribution >= 4 is 21.4 Å². The minimum Gasteiger partial charge on any atom is -0.497 e. The molecule has 3 heteroatoms. The molecule has 102 valence electrons. The first-order valence-corrected chi connectivity index (χ1v) is 7.45. The molecule has 0 amide bonds. The molecule has 3 rings (SSSR count). The zero-order valence-electron chi connectivity index (χ0n) is 11.4. The van der Waals surface area contributed by atoms with Crippen LogP contribution in [0.4, 0.5) is 0 Å².